The second kappa shape index (κ2) is 15.0. The lowest BCUT2D eigenvalue weighted by molar-refractivity contribution is 1.08. The molecule has 268 valence electrons. The maximum absolute atomic E-state index is 5.39. The van der Waals surface area contributed by atoms with Crippen LogP contribution in [0, 0.1) is 6.92 Å². The molecule has 0 saturated carbocycles. The first kappa shape index (κ1) is 34.8. The minimum Gasteiger partial charge on any atom is -0.279 e. The van der Waals surface area contributed by atoms with Crippen molar-refractivity contribution in [2.24, 2.45) is 15.0 Å². The third-order valence-electron chi connectivity index (χ3n) is 10.9. The highest BCUT2D eigenvalue weighted by atomic mass is 14.9. The van der Waals surface area contributed by atoms with E-state index in [1.54, 1.807) is 0 Å². The lowest BCUT2D eigenvalue weighted by Crippen LogP contribution is -2.08. The molecule has 0 fully saturated rings. The number of allylic oxidation sites excluding steroid dienone is 5. The van der Waals surface area contributed by atoms with Gasteiger partial charge in [-0.25, -0.2) is 9.98 Å². The lowest BCUT2D eigenvalue weighted by atomic mass is 9.83. The molecule has 0 bridgehead atoms. The number of hydrogen-bond acceptors (Lipinski definition) is 2. The summed E-state index contributed by atoms with van der Waals surface area (Å²) >= 11 is 0. The minimum atomic E-state index is 0.597. The Hall–Kier alpha value is -6.97. The third kappa shape index (κ3) is 6.58. The molecular formula is C53H41N3. The van der Waals surface area contributed by atoms with Gasteiger partial charge in [-0.05, 0) is 86.3 Å². The number of aliphatic imine (C=N–C) groups is 3. The van der Waals surface area contributed by atoms with Crippen LogP contribution in [0.1, 0.15) is 52.3 Å². The average molecular weight is 720 g/mol. The fourth-order valence-electron chi connectivity index (χ4n) is 8.04. The third-order valence-corrected chi connectivity index (χ3v) is 10.9. The molecule has 2 aliphatic rings. The first-order chi connectivity index (χ1) is 27.5. The fourth-order valence-corrected chi connectivity index (χ4v) is 8.04. The Morgan fingerprint density at radius 1 is 0.607 bits per heavy atom. The van der Waals surface area contributed by atoms with Crippen molar-refractivity contribution in [3.05, 3.63) is 233 Å². The molecule has 1 aliphatic carbocycles. The predicted octanol–water partition coefficient (Wildman–Crippen LogP) is 13.1. The summed E-state index contributed by atoms with van der Waals surface area (Å²) in [6.07, 6.45) is 9.42. The van der Waals surface area contributed by atoms with Gasteiger partial charge < -0.3 is 0 Å². The van der Waals surface area contributed by atoms with E-state index in [4.69, 9.17) is 15.0 Å². The zero-order valence-electron chi connectivity index (χ0n) is 31.7. The van der Waals surface area contributed by atoms with Gasteiger partial charge in [0.15, 0.2) is 5.84 Å². The molecule has 0 unspecified atom stereocenters. The summed E-state index contributed by atoms with van der Waals surface area (Å²) in [5.74, 6) is 0.608. The Morgan fingerprint density at radius 3 is 2.11 bits per heavy atom. The van der Waals surface area contributed by atoms with Gasteiger partial charge in [0.1, 0.15) is 0 Å². The average Bonchev–Trinajstić information content (AvgIpc) is 3.61. The number of aryl methyl sites for hydroxylation is 1. The van der Waals surface area contributed by atoms with Crippen LogP contribution in [0.5, 0.6) is 0 Å². The molecule has 9 rings (SSSR count). The van der Waals surface area contributed by atoms with Crippen LogP contribution in [0.25, 0.3) is 38.2 Å². The summed E-state index contributed by atoms with van der Waals surface area (Å²) in [6.45, 7) is 9.29. The van der Waals surface area contributed by atoms with E-state index in [1.807, 2.05) is 31.2 Å². The number of benzene rings is 7. The standard InChI is InChI=1S/C53H41N3/c1-35-16-14-27-48-49(35)46-25-12-13-26-47(46)51-50(48)45-24-11-10-21-44(45)34-54-52(51)42-30-32-43(33-31-42)53(55-36(2)38-17-6-4-7-18-38)56-37(3)39-22-15-23-41(29-28-39)40-19-8-5-9-20-40/h4-22,24-33H,3,23,34H2,1-2H3/b55-36+,56-53-. The van der Waals surface area contributed by atoms with E-state index in [1.165, 1.54) is 60.5 Å². The van der Waals surface area contributed by atoms with Crippen molar-refractivity contribution >= 4 is 44.4 Å². The van der Waals surface area contributed by atoms with Crippen molar-refractivity contribution in [2.45, 2.75) is 26.8 Å². The van der Waals surface area contributed by atoms with E-state index in [-0.39, 0.29) is 0 Å². The van der Waals surface area contributed by atoms with Gasteiger partial charge in [-0.2, -0.15) is 0 Å². The highest BCUT2D eigenvalue weighted by Crippen LogP contribution is 2.44. The van der Waals surface area contributed by atoms with Gasteiger partial charge in [-0.3, -0.25) is 4.99 Å². The predicted molar refractivity (Wildman–Crippen MR) is 238 cm³/mol. The van der Waals surface area contributed by atoms with Gasteiger partial charge in [0.25, 0.3) is 0 Å². The molecule has 0 spiro atoms. The van der Waals surface area contributed by atoms with Crippen molar-refractivity contribution in [3.8, 4) is 11.1 Å². The normalized spacial score (nSPS) is 14.3. The maximum Gasteiger partial charge on any atom is 0.160 e. The monoisotopic (exact) mass is 719 g/mol. The van der Waals surface area contributed by atoms with Gasteiger partial charge in [0.05, 0.1) is 18.0 Å². The Kier molecular flexibility index (Phi) is 9.34. The number of fused-ring (bicyclic) bond motifs is 8. The molecule has 3 heteroatoms. The second-order valence-electron chi connectivity index (χ2n) is 14.4. The van der Waals surface area contributed by atoms with Crippen LogP contribution in [-0.2, 0) is 6.54 Å². The van der Waals surface area contributed by atoms with Crippen molar-refractivity contribution in [1.82, 2.24) is 0 Å². The summed E-state index contributed by atoms with van der Waals surface area (Å²) in [6, 6.07) is 53.6. The second-order valence-corrected chi connectivity index (χ2v) is 14.4. The molecule has 0 saturated heterocycles. The smallest absolute Gasteiger partial charge is 0.160 e. The van der Waals surface area contributed by atoms with E-state index in [0.717, 1.165) is 40.1 Å². The topological polar surface area (TPSA) is 37.1 Å². The van der Waals surface area contributed by atoms with Crippen molar-refractivity contribution < 1.29 is 0 Å². The molecule has 7 aromatic rings. The zero-order chi connectivity index (χ0) is 38.0. The lowest BCUT2D eigenvalue weighted by Gasteiger charge is -2.20. The molecule has 0 radical (unpaired) electrons. The number of hydrogen-bond donors (Lipinski definition) is 0. The molecule has 3 nitrogen and oxygen atoms in total. The quantitative estimate of drug-likeness (QED) is 0.0932. The van der Waals surface area contributed by atoms with Crippen molar-refractivity contribution in [1.29, 1.82) is 0 Å². The first-order valence-electron chi connectivity index (χ1n) is 19.2. The van der Waals surface area contributed by atoms with E-state index in [0.29, 0.717) is 18.1 Å². The molecule has 1 heterocycles. The summed E-state index contributed by atoms with van der Waals surface area (Å²) < 4.78 is 0. The maximum atomic E-state index is 5.39. The Balaban J connectivity index is 1.16. The van der Waals surface area contributed by atoms with E-state index >= 15 is 0 Å². The SMILES string of the molecule is C=C(/N=C(\N=C(/C)c1ccccc1)c1ccc(C2=NCc3ccccc3-c3c2c2ccccc2c2c(C)cccc32)cc1)C1=CC=C(c2ccccc2)CC=C1. The number of amidine groups is 1. The van der Waals surface area contributed by atoms with Gasteiger partial charge >= 0.3 is 0 Å². The molecule has 0 atom stereocenters. The van der Waals surface area contributed by atoms with Gasteiger partial charge in [0, 0.05) is 22.4 Å². The molecule has 0 amide bonds. The van der Waals surface area contributed by atoms with Crippen LogP contribution >= 0.6 is 0 Å². The van der Waals surface area contributed by atoms with Gasteiger partial charge in [-0.1, -0.05) is 183 Å². The highest BCUT2D eigenvalue weighted by molar-refractivity contribution is 6.30. The molecular weight excluding hydrogens is 679 g/mol. The van der Waals surface area contributed by atoms with Crippen LogP contribution in [0.15, 0.2) is 209 Å². The zero-order valence-corrected chi connectivity index (χ0v) is 31.7. The minimum absolute atomic E-state index is 0.597. The van der Waals surface area contributed by atoms with Crippen LogP contribution < -0.4 is 0 Å². The van der Waals surface area contributed by atoms with Crippen LogP contribution in [0.4, 0.5) is 0 Å². The van der Waals surface area contributed by atoms with E-state index in [2.05, 4.69) is 165 Å². The molecule has 56 heavy (non-hydrogen) atoms. The highest BCUT2D eigenvalue weighted by Gasteiger charge is 2.25. The molecule has 0 N–H and O–H groups in total. The largest absolute Gasteiger partial charge is 0.279 e. The summed E-state index contributed by atoms with van der Waals surface area (Å²) in [7, 11) is 0. The Morgan fingerprint density at radius 2 is 1.30 bits per heavy atom. The fraction of sp³-hybridized carbons (Fsp3) is 0.0755. The number of rotatable bonds is 6. The number of nitrogens with zero attached hydrogens (tertiary/aromatic N) is 3. The van der Waals surface area contributed by atoms with Crippen LogP contribution in [-0.4, -0.2) is 17.3 Å². The first-order valence-corrected chi connectivity index (χ1v) is 19.2. The summed E-state index contributed by atoms with van der Waals surface area (Å²) in [5.41, 5.74) is 15.1. The molecule has 7 aromatic carbocycles. The van der Waals surface area contributed by atoms with Gasteiger partial charge in [0.2, 0.25) is 0 Å². The van der Waals surface area contributed by atoms with Crippen molar-refractivity contribution in [2.75, 3.05) is 0 Å². The molecule has 0 aromatic heterocycles. The van der Waals surface area contributed by atoms with Crippen LogP contribution in [0.3, 0.4) is 0 Å². The Labute approximate surface area is 328 Å². The summed E-state index contributed by atoms with van der Waals surface area (Å²) in [4.78, 5) is 15.7. The molecule has 1 aliphatic heterocycles. The van der Waals surface area contributed by atoms with Crippen molar-refractivity contribution in [3.63, 3.8) is 0 Å². The van der Waals surface area contributed by atoms with Crippen LogP contribution in [0.2, 0.25) is 0 Å². The van der Waals surface area contributed by atoms with E-state index < -0.39 is 0 Å². The summed E-state index contributed by atoms with van der Waals surface area (Å²) in [5, 5.41) is 5.00. The Bertz CT molecular complexity index is 2850. The van der Waals surface area contributed by atoms with Gasteiger partial charge in [-0.15, -0.1) is 0 Å². The van der Waals surface area contributed by atoms with E-state index in [9.17, 15) is 0 Å².